The van der Waals surface area contributed by atoms with Crippen molar-refractivity contribution in [1.82, 2.24) is 9.97 Å². The molecule has 2 N–H and O–H groups in total. The molecule has 0 aliphatic carbocycles. The molecule has 0 saturated heterocycles. The molecule has 6 heteroatoms. The second kappa shape index (κ2) is 4.26. The van der Waals surface area contributed by atoms with Gasteiger partial charge in [-0.05, 0) is 24.6 Å². The number of oxazole rings is 1. The fourth-order valence-corrected chi connectivity index (χ4v) is 2.67. The van der Waals surface area contributed by atoms with Crippen LogP contribution in [0.1, 0.15) is 17.1 Å². The summed E-state index contributed by atoms with van der Waals surface area (Å²) in [4.78, 5) is 8.60. The summed E-state index contributed by atoms with van der Waals surface area (Å²) in [6.07, 6.45) is 0.541. The van der Waals surface area contributed by atoms with Gasteiger partial charge in [-0.15, -0.1) is 11.3 Å². The van der Waals surface area contributed by atoms with Gasteiger partial charge in [-0.25, -0.2) is 9.97 Å². The molecule has 0 unspecified atom stereocenters. The number of thiazole rings is 1. The van der Waals surface area contributed by atoms with Crippen LogP contribution in [0.2, 0.25) is 5.02 Å². The van der Waals surface area contributed by atoms with Gasteiger partial charge in [0.05, 0.1) is 12.1 Å². The van der Waals surface area contributed by atoms with Crippen molar-refractivity contribution >= 4 is 39.2 Å². The lowest BCUT2D eigenvalue weighted by Gasteiger charge is -1.93. The number of aryl methyl sites for hydroxylation is 1. The van der Waals surface area contributed by atoms with Crippen LogP contribution in [0, 0.1) is 6.92 Å². The number of nitrogen functional groups attached to an aromatic ring is 1. The summed E-state index contributed by atoms with van der Waals surface area (Å²) in [6, 6.07) is 3.66. The minimum absolute atomic E-state index is 0.541. The lowest BCUT2D eigenvalue weighted by molar-refractivity contribution is 0.540. The predicted octanol–water partition coefficient (Wildman–Crippen LogP) is 3.42. The Kier molecular flexibility index (Phi) is 2.72. The highest BCUT2D eigenvalue weighted by Crippen LogP contribution is 2.25. The van der Waals surface area contributed by atoms with Crippen molar-refractivity contribution in [2.75, 3.05) is 5.73 Å². The van der Waals surface area contributed by atoms with E-state index < -0.39 is 0 Å². The van der Waals surface area contributed by atoms with E-state index in [4.69, 9.17) is 21.8 Å². The van der Waals surface area contributed by atoms with Crippen molar-refractivity contribution in [2.24, 2.45) is 0 Å². The highest BCUT2D eigenvalue weighted by Gasteiger charge is 2.11. The van der Waals surface area contributed by atoms with Gasteiger partial charge >= 0.3 is 0 Å². The van der Waals surface area contributed by atoms with Crippen LogP contribution in [-0.4, -0.2) is 9.97 Å². The lowest BCUT2D eigenvalue weighted by atomic mass is 10.2. The van der Waals surface area contributed by atoms with Crippen LogP contribution in [0.25, 0.3) is 11.1 Å². The van der Waals surface area contributed by atoms with E-state index in [1.54, 1.807) is 6.07 Å². The van der Waals surface area contributed by atoms with Crippen LogP contribution in [-0.2, 0) is 6.42 Å². The average molecular weight is 280 g/mol. The average Bonchev–Trinajstić information content (AvgIpc) is 2.85. The normalized spacial score (nSPS) is 11.2. The number of halogens is 1. The molecule has 2 heterocycles. The summed E-state index contributed by atoms with van der Waals surface area (Å²) in [5, 5.41) is 3.13. The quantitative estimate of drug-likeness (QED) is 0.780. The van der Waals surface area contributed by atoms with Crippen LogP contribution in [0.5, 0.6) is 0 Å². The van der Waals surface area contributed by atoms with E-state index in [2.05, 4.69) is 9.97 Å². The molecule has 0 aliphatic rings. The Hall–Kier alpha value is -1.59. The number of fused-ring (bicyclic) bond motifs is 1. The Morgan fingerprint density at radius 1 is 1.39 bits per heavy atom. The SMILES string of the molecule is Cc1cc(Cl)cc2nc(Cc3csc(N)n3)oc12. The Labute approximate surface area is 112 Å². The Balaban J connectivity index is 2.01. The van der Waals surface area contributed by atoms with Crippen LogP contribution in [0.15, 0.2) is 21.9 Å². The van der Waals surface area contributed by atoms with Crippen LogP contribution in [0.3, 0.4) is 0 Å². The second-order valence-corrected chi connectivity index (χ2v) is 5.36. The standard InChI is InChI=1S/C12H10ClN3OS/c1-6-2-7(13)3-9-11(6)17-10(16-9)4-8-5-18-12(14)15-8/h2-3,5H,4H2,1H3,(H2,14,15). The summed E-state index contributed by atoms with van der Waals surface area (Å²) >= 11 is 7.40. The molecule has 3 aromatic rings. The molecule has 3 rings (SSSR count). The molecule has 0 saturated carbocycles. The number of benzene rings is 1. The maximum absolute atomic E-state index is 5.99. The zero-order valence-corrected chi connectivity index (χ0v) is 11.2. The Morgan fingerprint density at radius 3 is 2.94 bits per heavy atom. The zero-order chi connectivity index (χ0) is 12.7. The molecule has 2 aromatic heterocycles. The number of hydrogen-bond acceptors (Lipinski definition) is 5. The van der Waals surface area contributed by atoms with Gasteiger partial charge in [0.1, 0.15) is 5.52 Å². The van der Waals surface area contributed by atoms with Crippen molar-refractivity contribution in [3.8, 4) is 0 Å². The summed E-state index contributed by atoms with van der Waals surface area (Å²) in [7, 11) is 0. The Morgan fingerprint density at radius 2 is 2.22 bits per heavy atom. The second-order valence-electron chi connectivity index (χ2n) is 4.03. The summed E-state index contributed by atoms with van der Waals surface area (Å²) in [5.74, 6) is 0.626. The van der Waals surface area contributed by atoms with E-state index >= 15 is 0 Å². The van der Waals surface area contributed by atoms with Gasteiger partial charge < -0.3 is 10.2 Å². The molecule has 0 aliphatic heterocycles. The third-order valence-electron chi connectivity index (χ3n) is 2.59. The molecule has 0 fully saturated rings. The smallest absolute Gasteiger partial charge is 0.201 e. The van der Waals surface area contributed by atoms with Crippen LogP contribution in [0.4, 0.5) is 5.13 Å². The van der Waals surface area contributed by atoms with Gasteiger partial charge in [-0.1, -0.05) is 11.6 Å². The van der Waals surface area contributed by atoms with E-state index in [1.165, 1.54) is 11.3 Å². The lowest BCUT2D eigenvalue weighted by Crippen LogP contribution is -1.89. The van der Waals surface area contributed by atoms with Crippen LogP contribution < -0.4 is 5.73 Å². The number of aromatic nitrogens is 2. The molecule has 0 atom stereocenters. The predicted molar refractivity (Wildman–Crippen MR) is 73.1 cm³/mol. The number of anilines is 1. The molecule has 0 radical (unpaired) electrons. The van der Waals surface area contributed by atoms with E-state index in [0.717, 1.165) is 22.4 Å². The monoisotopic (exact) mass is 279 g/mol. The van der Waals surface area contributed by atoms with Crippen LogP contribution >= 0.6 is 22.9 Å². The molecule has 1 aromatic carbocycles. The molecule has 0 spiro atoms. The van der Waals surface area contributed by atoms with Gasteiger partial charge in [0.25, 0.3) is 0 Å². The van der Waals surface area contributed by atoms with E-state index in [9.17, 15) is 0 Å². The van der Waals surface area contributed by atoms with Gasteiger partial charge in [0, 0.05) is 10.4 Å². The van der Waals surface area contributed by atoms with Gasteiger partial charge in [-0.2, -0.15) is 0 Å². The van der Waals surface area contributed by atoms with E-state index in [0.29, 0.717) is 22.5 Å². The molecule has 0 bridgehead atoms. The first-order valence-electron chi connectivity index (χ1n) is 5.37. The highest BCUT2D eigenvalue weighted by molar-refractivity contribution is 7.13. The number of nitrogens with two attached hydrogens (primary N) is 1. The summed E-state index contributed by atoms with van der Waals surface area (Å²) in [5.41, 5.74) is 8.99. The minimum Gasteiger partial charge on any atom is -0.440 e. The first kappa shape index (κ1) is 11.5. The van der Waals surface area contributed by atoms with Crippen molar-refractivity contribution in [3.63, 3.8) is 0 Å². The number of nitrogens with zero attached hydrogens (tertiary/aromatic N) is 2. The fraction of sp³-hybridized carbons (Fsp3) is 0.167. The Bertz CT molecular complexity index is 719. The van der Waals surface area contributed by atoms with Crippen molar-refractivity contribution in [2.45, 2.75) is 13.3 Å². The molecule has 92 valence electrons. The van der Waals surface area contributed by atoms with Crippen molar-refractivity contribution < 1.29 is 4.42 Å². The fourth-order valence-electron chi connectivity index (χ4n) is 1.84. The summed E-state index contributed by atoms with van der Waals surface area (Å²) in [6.45, 7) is 1.95. The molecule has 0 amide bonds. The van der Waals surface area contributed by atoms with E-state index in [-0.39, 0.29) is 0 Å². The third-order valence-corrected chi connectivity index (χ3v) is 3.53. The summed E-state index contributed by atoms with van der Waals surface area (Å²) < 4.78 is 5.72. The molecular weight excluding hydrogens is 270 g/mol. The maximum Gasteiger partial charge on any atom is 0.201 e. The minimum atomic E-state index is 0.541. The van der Waals surface area contributed by atoms with E-state index in [1.807, 2.05) is 18.4 Å². The van der Waals surface area contributed by atoms with Crippen molar-refractivity contribution in [1.29, 1.82) is 0 Å². The van der Waals surface area contributed by atoms with Gasteiger partial charge in [0.15, 0.2) is 10.7 Å². The van der Waals surface area contributed by atoms with Crippen molar-refractivity contribution in [3.05, 3.63) is 39.7 Å². The molecule has 4 nitrogen and oxygen atoms in total. The largest absolute Gasteiger partial charge is 0.440 e. The van der Waals surface area contributed by atoms with Gasteiger partial charge in [0.2, 0.25) is 5.89 Å². The third kappa shape index (κ3) is 2.07. The number of rotatable bonds is 2. The zero-order valence-electron chi connectivity index (χ0n) is 9.61. The first-order valence-corrected chi connectivity index (χ1v) is 6.63. The first-order chi connectivity index (χ1) is 8.61. The molecular formula is C12H10ClN3OS. The highest BCUT2D eigenvalue weighted by atomic mass is 35.5. The molecule has 18 heavy (non-hydrogen) atoms. The maximum atomic E-state index is 5.99. The van der Waals surface area contributed by atoms with Gasteiger partial charge in [-0.3, -0.25) is 0 Å². The number of hydrogen-bond donors (Lipinski definition) is 1. The topological polar surface area (TPSA) is 64.9 Å².